The minimum absolute atomic E-state index is 0.325. The van der Waals surface area contributed by atoms with Gasteiger partial charge in [-0.25, -0.2) is 0 Å². The summed E-state index contributed by atoms with van der Waals surface area (Å²) in [5.74, 6) is -38.9. The highest BCUT2D eigenvalue weighted by molar-refractivity contribution is 7.07. The van der Waals surface area contributed by atoms with E-state index in [0.29, 0.717) is 5.56 Å². The predicted molar refractivity (Wildman–Crippen MR) is 74.1 cm³/mol. The van der Waals surface area contributed by atoms with Crippen LogP contribution in [-0.2, 0) is 16.1 Å². The van der Waals surface area contributed by atoms with Crippen LogP contribution in [0.5, 0.6) is 0 Å². The first-order valence-electron chi connectivity index (χ1n) is 7.35. The summed E-state index contributed by atoms with van der Waals surface area (Å²) >= 11 is 1.11. The summed E-state index contributed by atoms with van der Waals surface area (Å²) in [6.45, 7) is -0.545. The molecule has 0 amide bonds. The van der Waals surface area contributed by atoms with E-state index in [1.54, 1.807) is 0 Å². The predicted octanol–water partition coefficient (Wildman–Crippen LogP) is 6.31. The first kappa shape index (κ1) is 26.3. The number of esters is 1. The Morgan fingerprint density at radius 3 is 1.73 bits per heavy atom. The zero-order valence-corrected chi connectivity index (χ0v) is 14.8. The van der Waals surface area contributed by atoms with Crippen LogP contribution in [0.1, 0.15) is 18.4 Å². The second-order valence-electron chi connectivity index (χ2n) is 5.79. The quantitative estimate of drug-likeness (QED) is 0.301. The minimum Gasteiger partial charge on any atom is -0.461 e. The van der Waals surface area contributed by atoms with Gasteiger partial charge >= 0.3 is 41.8 Å². The Balaban J connectivity index is 3.00. The van der Waals surface area contributed by atoms with Gasteiger partial charge in [-0.1, -0.05) is 0 Å². The van der Waals surface area contributed by atoms with Crippen LogP contribution in [0.15, 0.2) is 16.8 Å². The normalized spacial score (nSPS) is 14.7. The van der Waals surface area contributed by atoms with E-state index in [-0.39, 0.29) is 0 Å². The summed E-state index contributed by atoms with van der Waals surface area (Å²) in [5.41, 5.74) is 0.325. The van der Waals surface area contributed by atoms with Gasteiger partial charge in [0.25, 0.3) is 0 Å². The van der Waals surface area contributed by atoms with E-state index in [4.69, 9.17) is 0 Å². The maximum absolute atomic E-state index is 13.5. The molecule has 1 aromatic rings. The lowest BCUT2D eigenvalue weighted by Gasteiger charge is -2.39. The van der Waals surface area contributed by atoms with E-state index in [0.717, 1.165) is 11.3 Å². The standard InChI is InChI=1S/C14H9F13O2S/c15-9(16,3-1-8(28)29-5-7-2-4-30-6-7)10(17,18)11(19,20)12(21,22)13(23,24)14(25,26)27/h2,4,6H,1,3,5H2. The molecule has 174 valence electrons. The van der Waals surface area contributed by atoms with Gasteiger partial charge in [0.1, 0.15) is 6.61 Å². The number of rotatable bonds is 9. The Morgan fingerprint density at radius 2 is 1.30 bits per heavy atom. The summed E-state index contributed by atoms with van der Waals surface area (Å²) in [6.07, 6.45) is -11.8. The molecule has 1 heterocycles. The minimum atomic E-state index is -7.95. The molecule has 0 aliphatic carbocycles. The average Bonchev–Trinajstić information content (AvgIpc) is 3.10. The van der Waals surface area contributed by atoms with Crippen LogP contribution in [0.3, 0.4) is 0 Å². The van der Waals surface area contributed by atoms with Crippen molar-refractivity contribution in [3.8, 4) is 0 Å². The molecular weight excluding hydrogens is 479 g/mol. The molecule has 0 bridgehead atoms. The third-order valence-electron chi connectivity index (χ3n) is 3.62. The largest absolute Gasteiger partial charge is 0.461 e. The van der Waals surface area contributed by atoms with Crippen molar-refractivity contribution in [2.45, 2.75) is 55.2 Å². The Hall–Kier alpha value is -1.74. The van der Waals surface area contributed by atoms with E-state index < -0.39 is 61.2 Å². The van der Waals surface area contributed by atoms with Crippen LogP contribution in [0.4, 0.5) is 57.1 Å². The maximum Gasteiger partial charge on any atom is 0.460 e. The zero-order chi connectivity index (χ0) is 23.8. The van der Waals surface area contributed by atoms with Crippen LogP contribution in [0, 0.1) is 0 Å². The molecule has 0 radical (unpaired) electrons. The highest BCUT2D eigenvalue weighted by Gasteiger charge is 2.90. The van der Waals surface area contributed by atoms with Crippen molar-refractivity contribution in [1.29, 1.82) is 0 Å². The fourth-order valence-corrected chi connectivity index (χ4v) is 2.48. The number of ether oxygens (including phenoxy) is 1. The summed E-state index contributed by atoms with van der Waals surface area (Å²) in [7, 11) is 0. The van der Waals surface area contributed by atoms with Gasteiger partial charge in [0, 0.05) is 12.0 Å². The molecule has 0 atom stereocenters. The third-order valence-corrected chi connectivity index (χ3v) is 4.35. The van der Waals surface area contributed by atoms with Gasteiger partial charge in [0.2, 0.25) is 0 Å². The second kappa shape index (κ2) is 8.07. The first-order chi connectivity index (χ1) is 13.2. The molecule has 30 heavy (non-hydrogen) atoms. The lowest BCUT2D eigenvalue weighted by molar-refractivity contribution is -0.440. The topological polar surface area (TPSA) is 26.3 Å². The molecular formula is C14H9F13O2S. The van der Waals surface area contributed by atoms with Crippen molar-refractivity contribution in [2.24, 2.45) is 0 Å². The molecule has 0 aromatic carbocycles. The van der Waals surface area contributed by atoms with Crippen LogP contribution < -0.4 is 0 Å². The van der Waals surface area contributed by atoms with Gasteiger partial charge in [-0.2, -0.15) is 68.4 Å². The van der Waals surface area contributed by atoms with Crippen LogP contribution in [0.2, 0.25) is 0 Å². The molecule has 0 N–H and O–H groups in total. The second-order valence-corrected chi connectivity index (χ2v) is 6.57. The molecule has 0 spiro atoms. The van der Waals surface area contributed by atoms with Crippen LogP contribution in [-0.4, -0.2) is 41.8 Å². The smallest absolute Gasteiger partial charge is 0.460 e. The molecule has 0 saturated heterocycles. The number of alkyl halides is 13. The number of thiophene rings is 1. The van der Waals surface area contributed by atoms with E-state index in [9.17, 15) is 61.9 Å². The highest BCUT2D eigenvalue weighted by atomic mass is 32.1. The Kier molecular flexibility index (Phi) is 7.07. The van der Waals surface area contributed by atoms with Crippen molar-refractivity contribution >= 4 is 17.3 Å². The van der Waals surface area contributed by atoms with Gasteiger partial charge in [-0.3, -0.25) is 4.79 Å². The lowest BCUT2D eigenvalue weighted by Crippen LogP contribution is -2.70. The molecule has 2 nitrogen and oxygen atoms in total. The number of hydrogen-bond acceptors (Lipinski definition) is 3. The fraction of sp³-hybridized carbons (Fsp3) is 0.643. The molecule has 0 aliphatic rings. The molecule has 0 aliphatic heterocycles. The highest BCUT2D eigenvalue weighted by Crippen LogP contribution is 2.60. The van der Waals surface area contributed by atoms with E-state index >= 15 is 0 Å². The number of carbonyl (C=O) groups is 1. The molecule has 0 fully saturated rings. The molecule has 0 saturated carbocycles. The molecule has 16 heteroatoms. The Labute approximate surface area is 162 Å². The van der Waals surface area contributed by atoms with Crippen LogP contribution >= 0.6 is 11.3 Å². The summed E-state index contributed by atoms with van der Waals surface area (Å²) in [4.78, 5) is 11.2. The van der Waals surface area contributed by atoms with Crippen molar-refractivity contribution < 1.29 is 66.6 Å². The zero-order valence-electron chi connectivity index (χ0n) is 14.0. The lowest BCUT2D eigenvalue weighted by atomic mass is 9.92. The van der Waals surface area contributed by atoms with Crippen LogP contribution in [0.25, 0.3) is 0 Å². The van der Waals surface area contributed by atoms with Crippen molar-refractivity contribution in [1.82, 2.24) is 0 Å². The fourth-order valence-electron chi connectivity index (χ4n) is 1.83. The van der Waals surface area contributed by atoms with Gasteiger partial charge < -0.3 is 4.74 Å². The molecule has 1 rings (SSSR count). The summed E-state index contributed by atoms with van der Waals surface area (Å²) < 4.78 is 172. The molecule has 1 aromatic heterocycles. The first-order valence-corrected chi connectivity index (χ1v) is 8.29. The maximum atomic E-state index is 13.5. The van der Waals surface area contributed by atoms with Crippen molar-refractivity contribution in [2.75, 3.05) is 0 Å². The number of carbonyl (C=O) groups excluding carboxylic acids is 1. The summed E-state index contributed by atoms with van der Waals surface area (Å²) in [5, 5.41) is 2.91. The summed E-state index contributed by atoms with van der Waals surface area (Å²) in [6, 6.07) is 1.39. The van der Waals surface area contributed by atoms with Crippen molar-refractivity contribution in [3.05, 3.63) is 22.4 Å². The SMILES string of the molecule is O=C(CCC(F)(F)C(F)(F)C(F)(F)C(F)(F)C(F)(F)C(F)(F)F)OCc1ccsc1. The van der Waals surface area contributed by atoms with Gasteiger partial charge in [0.15, 0.2) is 0 Å². The molecule has 0 unspecified atom stereocenters. The monoisotopic (exact) mass is 488 g/mol. The third kappa shape index (κ3) is 4.46. The van der Waals surface area contributed by atoms with E-state index in [2.05, 4.69) is 4.74 Å². The Bertz CT molecular complexity index is 725. The van der Waals surface area contributed by atoms with E-state index in [1.165, 1.54) is 16.8 Å². The average molecular weight is 488 g/mol. The Morgan fingerprint density at radius 1 is 0.800 bits per heavy atom. The number of hydrogen-bond donors (Lipinski definition) is 0. The van der Waals surface area contributed by atoms with Gasteiger partial charge in [-0.05, 0) is 16.8 Å². The van der Waals surface area contributed by atoms with Gasteiger partial charge in [0.05, 0.1) is 6.42 Å². The van der Waals surface area contributed by atoms with Gasteiger partial charge in [-0.15, -0.1) is 0 Å². The van der Waals surface area contributed by atoms with Crippen molar-refractivity contribution in [3.63, 3.8) is 0 Å². The van der Waals surface area contributed by atoms with E-state index in [1.807, 2.05) is 0 Å². The number of halogens is 13.